The highest BCUT2D eigenvalue weighted by molar-refractivity contribution is 5.98. The number of hydrogen-bond donors (Lipinski definition) is 3. The third-order valence-corrected chi connectivity index (χ3v) is 4.06. The lowest BCUT2D eigenvalue weighted by Gasteiger charge is -2.12. The van der Waals surface area contributed by atoms with Crippen molar-refractivity contribution in [3.05, 3.63) is 63.2 Å². The van der Waals surface area contributed by atoms with Crippen molar-refractivity contribution in [2.45, 2.75) is 19.5 Å². The van der Waals surface area contributed by atoms with Crippen LogP contribution < -0.4 is 16.4 Å². The van der Waals surface area contributed by atoms with Crippen LogP contribution >= 0.6 is 0 Å². The highest BCUT2D eigenvalue weighted by atomic mass is 19.4. The van der Waals surface area contributed by atoms with Gasteiger partial charge in [-0.15, -0.1) is 0 Å². The van der Waals surface area contributed by atoms with Crippen LogP contribution in [-0.4, -0.2) is 23.3 Å². The monoisotopic (exact) mass is 410 g/mol. The molecule has 2 aromatic carbocycles. The minimum absolute atomic E-state index is 0.0629. The van der Waals surface area contributed by atoms with Gasteiger partial charge in [-0.05, 0) is 36.8 Å². The van der Waals surface area contributed by atoms with Crippen LogP contribution in [0.4, 0.5) is 30.2 Å². The molecule has 0 saturated carbocycles. The number of nitro groups is 1. The Labute approximate surface area is 163 Å². The minimum Gasteiger partial charge on any atom is -0.379 e. The van der Waals surface area contributed by atoms with Crippen LogP contribution in [0.2, 0.25) is 0 Å². The summed E-state index contributed by atoms with van der Waals surface area (Å²) < 4.78 is 38.1. The number of amides is 2. The van der Waals surface area contributed by atoms with E-state index in [9.17, 15) is 32.9 Å². The van der Waals surface area contributed by atoms with Crippen molar-refractivity contribution < 1.29 is 27.7 Å². The van der Waals surface area contributed by atoms with E-state index in [0.29, 0.717) is 23.4 Å². The molecule has 8 nitrogen and oxygen atoms in total. The van der Waals surface area contributed by atoms with E-state index in [1.807, 2.05) is 0 Å². The number of nitrogens with zero attached hydrogens (tertiary/aromatic N) is 1. The van der Waals surface area contributed by atoms with Crippen LogP contribution in [0.15, 0.2) is 36.4 Å². The molecule has 0 radical (unpaired) electrons. The maximum absolute atomic E-state index is 12.7. The Morgan fingerprint density at radius 2 is 1.86 bits per heavy atom. The van der Waals surface area contributed by atoms with Gasteiger partial charge in [0.05, 0.1) is 10.5 Å². The van der Waals surface area contributed by atoms with E-state index in [0.717, 1.165) is 6.07 Å². The lowest BCUT2D eigenvalue weighted by atomic mass is 10.1. The minimum atomic E-state index is -4.71. The number of hydrogen-bond acceptors (Lipinski definition) is 5. The van der Waals surface area contributed by atoms with Gasteiger partial charge in [0.25, 0.3) is 5.69 Å². The SMILES string of the molecule is Cc1c(NC(=O)CCNc2ccc(C(F)(F)F)cc2[N+](=O)[O-])cccc1C(N)=O. The summed E-state index contributed by atoms with van der Waals surface area (Å²) in [6, 6.07) is 6.73. The van der Waals surface area contributed by atoms with Gasteiger partial charge in [0.1, 0.15) is 5.69 Å². The fourth-order valence-corrected chi connectivity index (χ4v) is 2.57. The third kappa shape index (κ3) is 5.43. The fourth-order valence-electron chi connectivity index (χ4n) is 2.57. The second-order valence-corrected chi connectivity index (χ2v) is 6.05. The van der Waals surface area contributed by atoms with Crippen LogP contribution in [0.1, 0.15) is 27.9 Å². The van der Waals surface area contributed by atoms with Crippen molar-refractivity contribution in [2.24, 2.45) is 5.73 Å². The molecule has 0 unspecified atom stereocenters. The van der Waals surface area contributed by atoms with Gasteiger partial charge in [-0.25, -0.2) is 0 Å². The molecule has 11 heteroatoms. The van der Waals surface area contributed by atoms with Crippen LogP contribution in [0, 0.1) is 17.0 Å². The first-order valence-electron chi connectivity index (χ1n) is 8.29. The largest absolute Gasteiger partial charge is 0.416 e. The number of nitro benzene ring substituents is 1. The van der Waals surface area contributed by atoms with Crippen LogP contribution in [0.3, 0.4) is 0 Å². The van der Waals surface area contributed by atoms with E-state index in [1.165, 1.54) is 6.07 Å². The summed E-state index contributed by atoms with van der Waals surface area (Å²) in [5, 5.41) is 16.2. The quantitative estimate of drug-likeness (QED) is 0.476. The number of halogens is 3. The van der Waals surface area contributed by atoms with Gasteiger partial charge < -0.3 is 16.4 Å². The number of benzene rings is 2. The molecule has 2 rings (SSSR count). The molecule has 0 heterocycles. The molecule has 2 aromatic rings. The Kier molecular flexibility index (Phi) is 6.42. The Hall–Kier alpha value is -3.63. The Bertz CT molecular complexity index is 961. The van der Waals surface area contributed by atoms with Crippen molar-refractivity contribution in [3.63, 3.8) is 0 Å². The molecule has 0 aliphatic rings. The van der Waals surface area contributed by atoms with Crippen molar-refractivity contribution in [1.82, 2.24) is 0 Å². The molecule has 0 aliphatic heterocycles. The van der Waals surface area contributed by atoms with Gasteiger partial charge in [0.15, 0.2) is 0 Å². The summed E-state index contributed by atoms with van der Waals surface area (Å²) >= 11 is 0. The second kappa shape index (κ2) is 8.59. The normalized spacial score (nSPS) is 11.0. The number of alkyl halides is 3. The standard InChI is InChI=1S/C18H17F3N4O4/c1-10-12(17(22)27)3-2-4-13(10)24-16(26)7-8-23-14-6-5-11(18(19,20)21)9-15(14)25(28)29/h2-6,9,23H,7-8H2,1H3,(H2,22,27)(H,24,26). The molecule has 0 aromatic heterocycles. The van der Waals surface area contributed by atoms with Crippen molar-refractivity contribution in [2.75, 3.05) is 17.2 Å². The van der Waals surface area contributed by atoms with Crippen molar-refractivity contribution in [3.8, 4) is 0 Å². The van der Waals surface area contributed by atoms with Gasteiger partial charge >= 0.3 is 6.18 Å². The first-order chi connectivity index (χ1) is 13.5. The number of primary amides is 1. The third-order valence-electron chi connectivity index (χ3n) is 4.06. The number of carbonyl (C=O) groups is 2. The number of nitrogens with two attached hydrogens (primary N) is 1. The molecular formula is C18H17F3N4O4. The van der Waals surface area contributed by atoms with Gasteiger partial charge in [-0.2, -0.15) is 13.2 Å². The zero-order chi connectivity index (χ0) is 21.8. The summed E-state index contributed by atoms with van der Waals surface area (Å²) in [6.07, 6.45) is -4.83. The van der Waals surface area contributed by atoms with E-state index >= 15 is 0 Å². The predicted molar refractivity (Wildman–Crippen MR) is 99.5 cm³/mol. The molecule has 0 aliphatic carbocycles. The van der Waals surface area contributed by atoms with E-state index in [2.05, 4.69) is 10.6 Å². The molecule has 0 fully saturated rings. The molecule has 2 amide bonds. The molecule has 29 heavy (non-hydrogen) atoms. The molecular weight excluding hydrogens is 393 g/mol. The molecule has 0 spiro atoms. The van der Waals surface area contributed by atoms with Gasteiger partial charge in [-0.3, -0.25) is 19.7 Å². The summed E-state index contributed by atoms with van der Waals surface area (Å²) in [5.74, 6) is -1.10. The van der Waals surface area contributed by atoms with Gasteiger partial charge in [-0.1, -0.05) is 6.07 Å². The zero-order valence-electron chi connectivity index (χ0n) is 15.2. The van der Waals surface area contributed by atoms with Crippen LogP contribution in [0.25, 0.3) is 0 Å². The average molecular weight is 410 g/mol. The maximum Gasteiger partial charge on any atom is 0.416 e. The second-order valence-electron chi connectivity index (χ2n) is 6.05. The summed E-state index contributed by atoms with van der Waals surface area (Å²) in [4.78, 5) is 33.5. The van der Waals surface area contributed by atoms with E-state index < -0.39 is 34.2 Å². The molecule has 0 saturated heterocycles. The summed E-state index contributed by atoms with van der Waals surface area (Å²) in [7, 11) is 0. The first kappa shape index (κ1) is 21.7. The number of nitrogens with one attached hydrogen (secondary N) is 2. The summed E-state index contributed by atoms with van der Waals surface area (Å²) in [6.45, 7) is 1.55. The lowest BCUT2D eigenvalue weighted by molar-refractivity contribution is -0.384. The highest BCUT2D eigenvalue weighted by Crippen LogP contribution is 2.34. The van der Waals surface area contributed by atoms with E-state index in [1.54, 1.807) is 19.1 Å². The van der Waals surface area contributed by atoms with Crippen molar-refractivity contribution >= 4 is 28.9 Å². The van der Waals surface area contributed by atoms with E-state index in [-0.39, 0.29) is 24.2 Å². The van der Waals surface area contributed by atoms with Crippen molar-refractivity contribution in [1.29, 1.82) is 0 Å². The smallest absolute Gasteiger partial charge is 0.379 e. The molecule has 4 N–H and O–H groups in total. The zero-order valence-corrected chi connectivity index (χ0v) is 15.2. The van der Waals surface area contributed by atoms with Crippen LogP contribution in [0.5, 0.6) is 0 Å². The summed E-state index contributed by atoms with van der Waals surface area (Å²) in [5.41, 5.74) is 4.34. The van der Waals surface area contributed by atoms with Gasteiger partial charge in [0.2, 0.25) is 11.8 Å². The van der Waals surface area contributed by atoms with Crippen LogP contribution in [-0.2, 0) is 11.0 Å². The molecule has 0 bridgehead atoms. The van der Waals surface area contributed by atoms with Gasteiger partial charge in [0, 0.05) is 30.3 Å². The topological polar surface area (TPSA) is 127 Å². The van der Waals surface area contributed by atoms with E-state index in [4.69, 9.17) is 5.73 Å². The number of rotatable bonds is 7. The highest BCUT2D eigenvalue weighted by Gasteiger charge is 2.33. The molecule has 0 atom stereocenters. The number of carbonyl (C=O) groups excluding carboxylic acids is 2. The maximum atomic E-state index is 12.7. The Morgan fingerprint density at radius 1 is 1.17 bits per heavy atom. The molecule has 154 valence electrons. The average Bonchev–Trinajstić information content (AvgIpc) is 2.62. The first-order valence-corrected chi connectivity index (χ1v) is 8.29. The number of anilines is 2. The predicted octanol–water partition coefficient (Wildman–Crippen LogP) is 3.46. The Morgan fingerprint density at radius 3 is 2.45 bits per heavy atom. The lowest BCUT2D eigenvalue weighted by Crippen LogP contribution is -2.19. The fraction of sp³-hybridized carbons (Fsp3) is 0.222. The Balaban J connectivity index is 2.03.